The minimum atomic E-state index is -0.0131. The van der Waals surface area contributed by atoms with Crippen molar-refractivity contribution in [2.24, 2.45) is 5.92 Å². The molecule has 3 heterocycles. The minimum absolute atomic E-state index is 0.0131. The topological polar surface area (TPSA) is 88.9 Å². The zero-order chi connectivity index (χ0) is 23.7. The summed E-state index contributed by atoms with van der Waals surface area (Å²) in [4.78, 5) is 18.7. The third-order valence-corrected chi connectivity index (χ3v) is 7.44. The summed E-state index contributed by atoms with van der Waals surface area (Å²) in [5, 5.41) is 14.0. The van der Waals surface area contributed by atoms with E-state index >= 15 is 0 Å². The Morgan fingerprint density at radius 3 is 2.74 bits per heavy atom. The molecule has 1 saturated heterocycles. The number of pyridine rings is 1. The fourth-order valence-corrected chi connectivity index (χ4v) is 5.74. The molecule has 1 N–H and O–H groups in total. The number of aromatic amines is 1. The summed E-state index contributed by atoms with van der Waals surface area (Å²) in [6.07, 6.45) is 7.03. The van der Waals surface area contributed by atoms with Crippen molar-refractivity contribution < 1.29 is 4.74 Å². The van der Waals surface area contributed by atoms with Gasteiger partial charge in [-0.05, 0) is 72.5 Å². The molecular weight excluding hydrogens is 428 g/mol. The van der Waals surface area contributed by atoms with Crippen LogP contribution in [0.3, 0.4) is 0 Å². The Labute approximate surface area is 200 Å². The molecule has 2 fully saturated rings. The highest BCUT2D eigenvalue weighted by Crippen LogP contribution is 2.36. The molecule has 1 aromatic carbocycles. The van der Waals surface area contributed by atoms with Crippen molar-refractivity contribution in [3.8, 4) is 0 Å². The number of fused-ring (bicyclic) bond motifs is 1. The number of nitrogens with one attached hydrogen (secondary N) is 1. The molecule has 0 bridgehead atoms. The second-order valence-electron chi connectivity index (χ2n) is 10.4. The van der Waals surface area contributed by atoms with Gasteiger partial charge in [-0.2, -0.15) is 0 Å². The summed E-state index contributed by atoms with van der Waals surface area (Å²) in [5.74, 6) is 1.17. The lowest BCUT2D eigenvalue weighted by molar-refractivity contribution is 0.0718. The molecule has 8 nitrogen and oxygen atoms in total. The summed E-state index contributed by atoms with van der Waals surface area (Å²) in [5.41, 5.74) is 2.86. The monoisotopic (exact) mass is 464 g/mol. The lowest BCUT2D eigenvalue weighted by Crippen LogP contribution is -2.41. The largest absolute Gasteiger partial charge is 0.376 e. The molecule has 0 spiro atoms. The van der Waals surface area contributed by atoms with Crippen LogP contribution in [0.4, 0.5) is 0 Å². The minimum Gasteiger partial charge on any atom is -0.376 e. The van der Waals surface area contributed by atoms with Crippen LogP contribution < -0.4 is 5.56 Å². The second-order valence-corrected chi connectivity index (χ2v) is 10.4. The van der Waals surface area contributed by atoms with E-state index in [2.05, 4.69) is 58.3 Å². The van der Waals surface area contributed by atoms with Crippen LogP contribution in [0.2, 0.25) is 0 Å². The number of hydrogen-bond acceptors (Lipinski definition) is 6. The fourth-order valence-electron chi connectivity index (χ4n) is 5.74. The number of hydrogen-bond donors (Lipinski definition) is 1. The van der Waals surface area contributed by atoms with E-state index < -0.39 is 0 Å². The van der Waals surface area contributed by atoms with E-state index in [0.717, 1.165) is 54.6 Å². The summed E-state index contributed by atoms with van der Waals surface area (Å²) in [6.45, 7) is 8.61. The normalized spacial score (nSPS) is 20.2. The number of tetrazole rings is 1. The van der Waals surface area contributed by atoms with Gasteiger partial charge in [-0.25, -0.2) is 4.68 Å². The maximum atomic E-state index is 13.1. The molecule has 0 radical (unpaired) electrons. The van der Waals surface area contributed by atoms with E-state index in [1.54, 1.807) is 0 Å². The number of H-pyrrole nitrogens is 1. The third-order valence-electron chi connectivity index (χ3n) is 7.44. The van der Waals surface area contributed by atoms with E-state index in [9.17, 15) is 4.79 Å². The maximum Gasteiger partial charge on any atom is 0.252 e. The highest BCUT2D eigenvalue weighted by Gasteiger charge is 2.36. The molecule has 0 amide bonds. The Morgan fingerprint density at radius 1 is 1.18 bits per heavy atom. The molecule has 34 heavy (non-hydrogen) atoms. The smallest absolute Gasteiger partial charge is 0.252 e. The van der Waals surface area contributed by atoms with Gasteiger partial charge < -0.3 is 9.72 Å². The number of benzene rings is 1. The first-order valence-corrected chi connectivity index (χ1v) is 12.8. The van der Waals surface area contributed by atoms with E-state index in [-0.39, 0.29) is 23.6 Å². The van der Waals surface area contributed by atoms with Gasteiger partial charge >= 0.3 is 0 Å². The second kappa shape index (κ2) is 9.96. The molecule has 5 rings (SSSR count). The average Bonchev–Trinajstić information content (AvgIpc) is 3.58. The van der Waals surface area contributed by atoms with Crippen molar-refractivity contribution in [3.63, 3.8) is 0 Å². The molecule has 0 unspecified atom stereocenters. The number of rotatable bonds is 8. The third kappa shape index (κ3) is 4.79. The van der Waals surface area contributed by atoms with Crippen LogP contribution in [0.5, 0.6) is 0 Å². The first kappa shape index (κ1) is 23.2. The van der Waals surface area contributed by atoms with Crippen LogP contribution in [-0.2, 0) is 17.8 Å². The lowest BCUT2D eigenvalue weighted by Gasteiger charge is -2.38. The molecular formula is C26H36N6O2. The van der Waals surface area contributed by atoms with Crippen LogP contribution in [0, 0.1) is 12.8 Å². The van der Waals surface area contributed by atoms with Gasteiger partial charge in [-0.15, -0.1) is 5.10 Å². The predicted molar refractivity (Wildman–Crippen MR) is 131 cm³/mol. The summed E-state index contributed by atoms with van der Waals surface area (Å²) in [7, 11) is 0. The van der Waals surface area contributed by atoms with Crippen LogP contribution in [0.15, 0.2) is 29.1 Å². The molecule has 182 valence electrons. The van der Waals surface area contributed by atoms with Crippen molar-refractivity contribution in [2.75, 3.05) is 6.61 Å². The fraction of sp³-hybridized carbons (Fsp3) is 0.615. The summed E-state index contributed by atoms with van der Waals surface area (Å²) in [6, 6.07) is 8.65. The Bertz CT molecular complexity index is 1170. The molecule has 3 aromatic rings. The van der Waals surface area contributed by atoms with E-state index in [4.69, 9.17) is 4.74 Å². The van der Waals surface area contributed by atoms with Crippen LogP contribution in [0.25, 0.3) is 10.9 Å². The van der Waals surface area contributed by atoms with Gasteiger partial charge in [-0.3, -0.25) is 9.69 Å². The lowest BCUT2D eigenvalue weighted by atomic mass is 9.97. The van der Waals surface area contributed by atoms with Gasteiger partial charge in [0.05, 0.1) is 18.7 Å². The van der Waals surface area contributed by atoms with Gasteiger partial charge in [0.1, 0.15) is 0 Å². The summed E-state index contributed by atoms with van der Waals surface area (Å²) >= 11 is 0. The van der Waals surface area contributed by atoms with Crippen molar-refractivity contribution in [2.45, 2.75) is 90.6 Å². The predicted octanol–water partition coefficient (Wildman–Crippen LogP) is 4.14. The zero-order valence-corrected chi connectivity index (χ0v) is 20.5. The maximum absolute atomic E-state index is 13.1. The number of aryl methyl sites for hydroxylation is 1. The SMILES string of the molecule is Cc1ccc2[nH]c(=O)c(CN(C3CCCC3)[C@@H](c3nnnn3C[C@H]3CCCO3)C(C)C)cc2c1. The van der Waals surface area contributed by atoms with E-state index in [0.29, 0.717) is 19.1 Å². The number of nitrogens with zero attached hydrogens (tertiary/aromatic N) is 5. The molecule has 2 aliphatic rings. The van der Waals surface area contributed by atoms with Gasteiger partial charge in [0.25, 0.3) is 5.56 Å². The molecule has 2 aromatic heterocycles. The van der Waals surface area contributed by atoms with E-state index in [1.807, 2.05) is 16.8 Å². The van der Waals surface area contributed by atoms with E-state index in [1.165, 1.54) is 18.4 Å². The number of ether oxygens (including phenoxy) is 1. The Hall–Kier alpha value is -2.58. The molecule has 2 atom stereocenters. The van der Waals surface area contributed by atoms with Crippen molar-refractivity contribution in [1.82, 2.24) is 30.1 Å². The van der Waals surface area contributed by atoms with Gasteiger partial charge in [0.2, 0.25) is 0 Å². The Balaban J connectivity index is 1.51. The molecule has 8 heteroatoms. The van der Waals surface area contributed by atoms with Crippen molar-refractivity contribution in [1.29, 1.82) is 0 Å². The first-order valence-electron chi connectivity index (χ1n) is 12.8. The van der Waals surface area contributed by atoms with Gasteiger partial charge in [0.15, 0.2) is 5.82 Å². The highest BCUT2D eigenvalue weighted by atomic mass is 16.5. The van der Waals surface area contributed by atoms with Crippen molar-refractivity contribution >= 4 is 10.9 Å². The van der Waals surface area contributed by atoms with Crippen molar-refractivity contribution in [3.05, 3.63) is 51.6 Å². The Kier molecular flexibility index (Phi) is 6.79. The van der Waals surface area contributed by atoms with Crippen LogP contribution in [0.1, 0.15) is 75.4 Å². The van der Waals surface area contributed by atoms with Crippen LogP contribution in [-0.4, -0.2) is 48.8 Å². The molecule has 1 aliphatic heterocycles. The van der Waals surface area contributed by atoms with Crippen LogP contribution >= 0.6 is 0 Å². The summed E-state index contributed by atoms with van der Waals surface area (Å²) < 4.78 is 7.81. The quantitative estimate of drug-likeness (QED) is 0.539. The zero-order valence-electron chi connectivity index (χ0n) is 20.5. The highest BCUT2D eigenvalue weighted by molar-refractivity contribution is 5.79. The number of aromatic nitrogens is 5. The van der Waals surface area contributed by atoms with Gasteiger partial charge in [-0.1, -0.05) is 38.3 Å². The molecule has 1 saturated carbocycles. The Morgan fingerprint density at radius 2 is 2.00 bits per heavy atom. The molecule has 1 aliphatic carbocycles. The van der Waals surface area contributed by atoms with Gasteiger partial charge in [0, 0.05) is 30.3 Å². The standard InChI is InChI=1S/C26H36N6O2/c1-17(2)24(25-28-29-30-32(25)16-22-9-6-12-34-22)31(21-7-4-5-8-21)15-20-14-19-13-18(3)10-11-23(19)27-26(20)33/h10-11,13-14,17,21-22,24H,4-9,12,15-16H2,1-3H3,(H,27,33)/t22-,24-/m1/s1. The first-order chi connectivity index (χ1) is 16.5. The average molecular weight is 465 g/mol.